The van der Waals surface area contributed by atoms with Gasteiger partial charge in [-0.05, 0) is 66.6 Å². The van der Waals surface area contributed by atoms with Gasteiger partial charge in [0.25, 0.3) is 5.91 Å². The molecule has 34 heavy (non-hydrogen) atoms. The quantitative estimate of drug-likeness (QED) is 0.433. The van der Waals surface area contributed by atoms with E-state index in [4.69, 9.17) is 4.42 Å². The van der Waals surface area contributed by atoms with Gasteiger partial charge < -0.3 is 19.5 Å². The molecule has 6 heteroatoms. The fourth-order valence-electron chi connectivity index (χ4n) is 4.34. The van der Waals surface area contributed by atoms with Crippen molar-refractivity contribution in [2.75, 3.05) is 30.9 Å². The van der Waals surface area contributed by atoms with Crippen molar-refractivity contribution in [3.8, 4) is 0 Å². The zero-order valence-corrected chi connectivity index (χ0v) is 20.2. The Labute approximate surface area is 201 Å². The molecule has 1 heterocycles. The lowest BCUT2D eigenvalue weighted by atomic mass is 9.94. The van der Waals surface area contributed by atoms with E-state index in [1.165, 1.54) is 19.1 Å². The lowest BCUT2D eigenvalue weighted by molar-refractivity contribution is -0.133. The molecular weight excluding hydrogens is 426 g/mol. The fraction of sp³-hybridized carbons (Fsp3) is 0.357. The molecule has 1 saturated carbocycles. The summed E-state index contributed by atoms with van der Waals surface area (Å²) in [5.74, 6) is 0.536. The van der Waals surface area contributed by atoms with Crippen molar-refractivity contribution in [2.24, 2.45) is 5.92 Å². The predicted molar refractivity (Wildman–Crippen MR) is 135 cm³/mol. The molecule has 0 bridgehead atoms. The van der Waals surface area contributed by atoms with Gasteiger partial charge in [0.05, 0.1) is 12.2 Å². The van der Waals surface area contributed by atoms with Crippen LogP contribution in [0.15, 0.2) is 71.3 Å². The molecule has 2 aromatic carbocycles. The Morgan fingerprint density at radius 2 is 1.82 bits per heavy atom. The number of furan rings is 1. The number of anilines is 2. The molecule has 178 valence electrons. The summed E-state index contributed by atoms with van der Waals surface area (Å²) in [5.41, 5.74) is 3.76. The van der Waals surface area contributed by atoms with E-state index < -0.39 is 0 Å². The van der Waals surface area contributed by atoms with Crippen LogP contribution in [0, 0.1) is 5.92 Å². The summed E-state index contributed by atoms with van der Waals surface area (Å²) < 4.78 is 5.21. The molecule has 1 N–H and O–H groups in total. The summed E-state index contributed by atoms with van der Waals surface area (Å²) in [6, 6.07) is 19.2. The Kier molecular flexibility index (Phi) is 7.36. The smallest absolute Gasteiger partial charge is 0.291 e. The molecule has 1 aliphatic rings. The fourth-order valence-corrected chi connectivity index (χ4v) is 4.34. The van der Waals surface area contributed by atoms with Crippen molar-refractivity contribution >= 4 is 23.2 Å². The normalized spacial score (nSPS) is 13.9. The minimum Gasteiger partial charge on any atom is -0.459 e. The zero-order valence-electron chi connectivity index (χ0n) is 20.2. The Balaban J connectivity index is 1.60. The number of nitrogens with one attached hydrogen (secondary N) is 1. The van der Waals surface area contributed by atoms with Gasteiger partial charge >= 0.3 is 0 Å². The van der Waals surface area contributed by atoms with E-state index in [1.54, 1.807) is 12.1 Å². The number of benzene rings is 2. The molecule has 1 aliphatic carbocycles. The van der Waals surface area contributed by atoms with Crippen LogP contribution in [0.2, 0.25) is 0 Å². The van der Waals surface area contributed by atoms with Crippen LogP contribution < -0.4 is 10.2 Å². The van der Waals surface area contributed by atoms with Gasteiger partial charge in [0.1, 0.15) is 0 Å². The largest absolute Gasteiger partial charge is 0.459 e. The molecule has 4 rings (SSSR count). The molecule has 0 spiro atoms. The first-order valence-corrected chi connectivity index (χ1v) is 11.9. The maximum atomic E-state index is 13.8. The van der Waals surface area contributed by atoms with Crippen LogP contribution in [0.3, 0.4) is 0 Å². The molecule has 0 radical (unpaired) electrons. The number of amides is 2. The van der Waals surface area contributed by atoms with Gasteiger partial charge in [0.15, 0.2) is 5.76 Å². The second kappa shape index (κ2) is 10.6. The average molecular weight is 460 g/mol. The van der Waals surface area contributed by atoms with Crippen molar-refractivity contribution in [1.82, 2.24) is 4.90 Å². The maximum absolute atomic E-state index is 13.8. The van der Waals surface area contributed by atoms with Crippen LogP contribution in [0.5, 0.6) is 0 Å². The highest BCUT2D eigenvalue weighted by molar-refractivity contribution is 6.02. The van der Waals surface area contributed by atoms with E-state index in [-0.39, 0.29) is 23.5 Å². The monoisotopic (exact) mass is 459 g/mol. The summed E-state index contributed by atoms with van der Waals surface area (Å²) in [4.78, 5) is 30.3. The Morgan fingerprint density at radius 1 is 1.06 bits per heavy atom. The van der Waals surface area contributed by atoms with E-state index in [0.717, 1.165) is 29.8 Å². The molecule has 3 aromatic rings. The number of hydrogen-bond acceptors (Lipinski definition) is 4. The third kappa shape index (κ3) is 5.68. The SMILES string of the molecule is CCC(C(=O)N(Cc1cc(NC(=O)c2ccco2)ccc1N(C)C)CC1CC1)c1ccccc1. The van der Waals surface area contributed by atoms with E-state index in [0.29, 0.717) is 18.2 Å². The Bertz CT molecular complexity index is 1110. The number of carbonyl (C=O) groups excluding carboxylic acids is 2. The van der Waals surface area contributed by atoms with E-state index in [1.807, 2.05) is 72.4 Å². The first-order valence-electron chi connectivity index (χ1n) is 11.9. The first-order chi connectivity index (χ1) is 16.5. The van der Waals surface area contributed by atoms with Crippen molar-refractivity contribution in [1.29, 1.82) is 0 Å². The number of nitrogens with zero attached hydrogens (tertiary/aromatic N) is 2. The second-order valence-corrected chi connectivity index (χ2v) is 9.20. The van der Waals surface area contributed by atoms with Gasteiger partial charge in [-0.3, -0.25) is 9.59 Å². The molecule has 2 amide bonds. The molecule has 1 fully saturated rings. The van der Waals surface area contributed by atoms with E-state index in [9.17, 15) is 9.59 Å². The molecule has 1 aromatic heterocycles. The summed E-state index contributed by atoms with van der Waals surface area (Å²) in [5, 5.41) is 2.91. The standard InChI is InChI=1S/C28H33N3O3/c1-4-24(21-9-6-5-7-10-21)28(33)31(18-20-12-13-20)19-22-17-23(14-15-25(22)30(2)3)29-27(32)26-11-8-16-34-26/h5-11,14-17,20,24H,4,12-13,18-19H2,1-3H3,(H,29,32). The highest BCUT2D eigenvalue weighted by Gasteiger charge is 2.31. The summed E-state index contributed by atoms with van der Waals surface area (Å²) in [7, 11) is 3.98. The third-order valence-electron chi connectivity index (χ3n) is 6.32. The van der Waals surface area contributed by atoms with Gasteiger partial charge in [-0.2, -0.15) is 0 Å². The molecule has 0 aliphatic heterocycles. The van der Waals surface area contributed by atoms with Crippen molar-refractivity contribution in [3.05, 3.63) is 83.8 Å². The zero-order chi connectivity index (χ0) is 24.1. The Morgan fingerprint density at radius 3 is 2.44 bits per heavy atom. The predicted octanol–water partition coefficient (Wildman–Crippen LogP) is 5.53. The molecule has 1 unspecified atom stereocenters. The number of hydrogen-bond donors (Lipinski definition) is 1. The minimum atomic E-state index is -0.297. The van der Waals surface area contributed by atoms with Crippen LogP contribution in [-0.2, 0) is 11.3 Å². The van der Waals surface area contributed by atoms with Gasteiger partial charge in [-0.15, -0.1) is 0 Å². The number of rotatable bonds is 10. The van der Waals surface area contributed by atoms with Crippen LogP contribution in [-0.4, -0.2) is 37.4 Å². The van der Waals surface area contributed by atoms with Crippen molar-refractivity contribution < 1.29 is 14.0 Å². The minimum absolute atomic E-state index is 0.162. The lowest BCUT2D eigenvalue weighted by Crippen LogP contribution is -2.36. The Hall–Kier alpha value is -3.54. The molecular formula is C28H33N3O3. The second-order valence-electron chi connectivity index (χ2n) is 9.20. The third-order valence-corrected chi connectivity index (χ3v) is 6.32. The number of carbonyl (C=O) groups is 2. The summed E-state index contributed by atoms with van der Waals surface area (Å²) in [6.07, 6.45) is 4.58. The van der Waals surface area contributed by atoms with Gasteiger partial charge in [0, 0.05) is 38.6 Å². The van der Waals surface area contributed by atoms with Gasteiger partial charge in [-0.25, -0.2) is 0 Å². The average Bonchev–Trinajstić information content (AvgIpc) is 3.47. The summed E-state index contributed by atoms with van der Waals surface area (Å²) in [6.45, 7) is 3.33. The van der Waals surface area contributed by atoms with Gasteiger partial charge in [0.2, 0.25) is 5.91 Å². The van der Waals surface area contributed by atoms with E-state index in [2.05, 4.69) is 12.2 Å². The molecule has 1 atom stereocenters. The van der Waals surface area contributed by atoms with Gasteiger partial charge in [-0.1, -0.05) is 37.3 Å². The summed E-state index contributed by atoms with van der Waals surface area (Å²) >= 11 is 0. The first kappa shape index (κ1) is 23.6. The highest BCUT2D eigenvalue weighted by Crippen LogP contribution is 2.33. The van der Waals surface area contributed by atoms with Crippen LogP contribution >= 0.6 is 0 Å². The topological polar surface area (TPSA) is 65.8 Å². The maximum Gasteiger partial charge on any atom is 0.291 e. The molecule has 6 nitrogen and oxygen atoms in total. The van der Waals surface area contributed by atoms with Crippen LogP contribution in [0.1, 0.15) is 53.8 Å². The highest BCUT2D eigenvalue weighted by atomic mass is 16.3. The van der Waals surface area contributed by atoms with Crippen molar-refractivity contribution in [3.63, 3.8) is 0 Å². The molecule has 0 saturated heterocycles. The van der Waals surface area contributed by atoms with Crippen LogP contribution in [0.4, 0.5) is 11.4 Å². The lowest BCUT2D eigenvalue weighted by Gasteiger charge is -2.29. The van der Waals surface area contributed by atoms with E-state index >= 15 is 0 Å². The van der Waals surface area contributed by atoms with Crippen LogP contribution in [0.25, 0.3) is 0 Å². The van der Waals surface area contributed by atoms with Crippen molar-refractivity contribution in [2.45, 2.75) is 38.6 Å².